The van der Waals surface area contributed by atoms with Crippen LogP contribution in [0.25, 0.3) is 0 Å². The van der Waals surface area contributed by atoms with Gasteiger partial charge in [-0.15, -0.1) is 0 Å². The standard InChI is InChI=1S/C15H22N2O2/c1-3-17(13-7-8-13)10-9-16-15(18)12-5-4-6-14(11-12)19-2/h4-6,11,13H,3,7-10H2,1-2H3,(H,16,18). The van der Waals surface area contributed by atoms with E-state index in [9.17, 15) is 4.79 Å². The lowest BCUT2D eigenvalue weighted by Crippen LogP contribution is -2.36. The average molecular weight is 262 g/mol. The summed E-state index contributed by atoms with van der Waals surface area (Å²) in [5, 5.41) is 2.96. The SMILES string of the molecule is CCN(CCNC(=O)c1cccc(OC)c1)C1CC1. The minimum atomic E-state index is -0.0363. The highest BCUT2D eigenvalue weighted by Crippen LogP contribution is 2.25. The van der Waals surface area contributed by atoms with Gasteiger partial charge in [0, 0.05) is 24.7 Å². The zero-order chi connectivity index (χ0) is 13.7. The van der Waals surface area contributed by atoms with E-state index < -0.39 is 0 Å². The molecule has 1 N–H and O–H groups in total. The van der Waals surface area contributed by atoms with Gasteiger partial charge < -0.3 is 10.1 Å². The molecule has 104 valence electrons. The monoisotopic (exact) mass is 262 g/mol. The first-order valence-electron chi connectivity index (χ1n) is 6.91. The highest BCUT2D eigenvalue weighted by molar-refractivity contribution is 5.94. The molecule has 1 aliphatic rings. The van der Waals surface area contributed by atoms with Crippen LogP contribution in [0.3, 0.4) is 0 Å². The maximum absolute atomic E-state index is 12.0. The lowest BCUT2D eigenvalue weighted by molar-refractivity contribution is 0.0947. The Morgan fingerprint density at radius 2 is 2.26 bits per heavy atom. The quantitative estimate of drug-likeness (QED) is 0.816. The first-order valence-corrected chi connectivity index (χ1v) is 6.91. The van der Waals surface area contributed by atoms with Gasteiger partial charge in [-0.1, -0.05) is 13.0 Å². The third kappa shape index (κ3) is 3.96. The number of hydrogen-bond acceptors (Lipinski definition) is 3. The fourth-order valence-corrected chi connectivity index (χ4v) is 2.22. The van der Waals surface area contributed by atoms with Crippen molar-refractivity contribution in [1.29, 1.82) is 0 Å². The number of rotatable bonds is 7. The second kappa shape index (κ2) is 6.57. The van der Waals surface area contributed by atoms with Crippen molar-refractivity contribution >= 4 is 5.91 Å². The van der Waals surface area contributed by atoms with Crippen molar-refractivity contribution in [3.05, 3.63) is 29.8 Å². The number of nitrogens with one attached hydrogen (secondary N) is 1. The molecule has 4 nitrogen and oxygen atoms in total. The van der Waals surface area contributed by atoms with Gasteiger partial charge >= 0.3 is 0 Å². The summed E-state index contributed by atoms with van der Waals surface area (Å²) in [6.45, 7) is 4.85. The summed E-state index contributed by atoms with van der Waals surface area (Å²) in [5.74, 6) is 0.673. The van der Waals surface area contributed by atoms with Gasteiger partial charge in [0.05, 0.1) is 7.11 Å². The van der Waals surface area contributed by atoms with Crippen molar-refractivity contribution in [3.63, 3.8) is 0 Å². The molecule has 0 aliphatic heterocycles. The van der Waals surface area contributed by atoms with Crippen molar-refractivity contribution in [2.75, 3.05) is 26.7 Å². The molecule has 1 fully saturated rings. The van der Waals surface area contributed by atoms with E-state index in [0.717, 1.165) is 19.1 Å². The summed E-state index contributed by atoms with van der Waals surface area (Å²) < 4.78 is 5.12. The highest BCUT2D eigenvalue weighted by atomic mass is 16.5. The largest absolute Gasteiger partial charge is 0.497 e. The molecule has 0 atom stereocenters. The molecule has 0 aromatic heterocycles. The molecule has 2 rings (SSSR count). The summed E-state index contributed by atoms with van der Waals surface area (Å²) in [6.07, 6.45) is 2.61. The van der Waals surface area contributed by atoms with Gasteiger partial charge in [-0.05, 0) is 37.6 Å². The number of nitrogens with zero attached hydrogens (tertiary/aromatic N) is 1. The average Bonchev–Trinajstić information content (AvgIpc) is 3.28. The van der Waals surface area contributed by atoms with Crippen molar-refractivity contribution in [2.45, 2.75) is 25.8 Å². The van der Waals surface area contributed by atoms with Crippen LogP contribution >= 0.6 is 0 Å². The van der Waals surface area contributed by atoms with Gasteiger partial charge in [0.15, 0.2) is 0 Å². The van der Waals surface area contributed by atoms with Crippen LogP contribution in [0.15, 0.2) is 24.3 Å². The fraction of sp³-hybridized carbons (Fsp3) is 0.533. The number of hydrogen-bond donors (Lipinski definition) is 1. The normalized spacial score (nSPS) is 14.5. The Morgan fingerprint density at radius 3 is 2.89 bits per heavy atom. The van der Waals surface area contributed by atoms with Crippen molar-refractivity contribution in [3.8, 4) is 5.75 Å². The summed E-state index contributed by atoms with van der Waals surface area (Å²) >= 11 is 0. The van der Waals surface area contributed by atoms with E-state index in [-0.39, 0.29) is 5.91 Å². The van der Waals surface area contributed by atoms with Gasteiger partial charge in [-0.2, -0.15) is 0 Å². The Bertz CT molecular complexity index is 430. The van der Waals surface area contributed by atoms with Gasteiger partial charge in [0.25, 0.3) is 5.91 Å². The minimum absolute atomic E-state index is 0.0363. The Kier molecular flexibility index (Phi) is 4.80. The lowest BCUT2D eigenvalue weighted by atomic mass is 10.2. The molecule has 19 heavy (non-hydrogen) atoms. The van der Waals surface area contributed by atoms with Gasteiger partial charge in [0.2, 0.25) is 0 Å². The number of benzene rings is 1. The molecular formula is C15H22N2O2. The molecule has 4 heteroatoms. The first kappa shape index (κ1) is 13.9. The number of ether oxygens (including phenoxy) is 1. The topological polar surface area (TPSA) is 41.6 Å². The van der Waals surface area contributed by atoms with E-state index in [1.165, 1.54) is 12.8 Å². The van der Waals surface area contributed by atoms with Crippen LogP contribution in [0.2, 0.25) is 0 Å². The zero-order valence-electron chi connectivity index (χ0n) is 11.7. The molecule has 0 unspecified atom stereocenters. The van der Waals surface area contributed by atoms with Crippen molar-refractivity contribution in [2.24, 2.45) is 0 Å². The first-order chi connectivity index (χ1) is 9.24. The second-order valence-electron chi connectivity index (χ2n) is 4.85. The molecule has 0 saturated heterocycles. The molecule has 1 aromatic rings. The maximum atomic E-state index is 12.0. The number of carbonyl (C=O) groups excluding carboxylic acids is 1. The van der Waals surface area contributed by atoms with Crippen LogP contribution in [-0.2, 0) is 0 Å². The van der Waals surface area contributed by atoms with E-state index in [1.54, 1.807) is 19.2 Å². The van der Waals surface area contributed by atoms with Crippen molar-refractivity contribution < 1.29 is 9.53 Å². The Labute approximate surface area is 114 Å². The van der Waals surface area contributed by atoms with Gasteiger partial charge in [0.1, 0.15) is 5.75 Å². The van der Waals surface area contributed by atoms with E-state index in [0.29, 0.717) is 17.9 Å². The van der Waals surface area contributed by atoms with Crippen LogP contribution in [0.4, 0.5) is 0 Å². The Morgan fingerprint density at radius 1 is 1.47 bits per heavy atom. The third-order valence-electron chi connectivity index (χ3n) is 3.49. The Hall–Kier alpha value is -1.55. The van der Waals surface area contributed by atoms with E-state index >= 15 is 0 Å². The third-order valence-corrected chi connectivity index (χ3v) is 3.49. The summed E-state index contributed by atoms with van der Waals surface area (Å²) in [4.78, 5) is 14.4. The minimum Gasteiger partial charge on any atom is -0.497 e. The lowest BCUT2D eigenvalue weighted by Gasteiger charge is -2.19. The highest BCUT2D eigenvalue weighted by Gasteiger charge is 2.27. The maximum Gasteiger partial charge on any atom is 0.251 e. The molecule has 1 saturated carbocycles. The van der Waals surface area contributed by atoms with Crippen LogP contribution in [0.5, 0.6) is 5.75 Å². The Balaban J connectivity index is 1.79. The van der Waals surface area contributed by atoms with Crippen LogP contribution in [-0.4, -0.2) is 43.6 Å². The molecule has 0 radical (unpaired) electrons. The molecule has 0 bridgehead atoms. The molecule has 0 heterocycles. The van der Waals surface area contributed by atoms with Crippen LogP contribution in [0.1, 0.15) is 30.1 Å². The van der Waals surface area contributed by atoms with Crippen LogP contribution in [0, 0.1) is 0 Å². The predicted octanol–water partition coefficient (Wildman–Crippen LogP) is 1.91. The predicted molar refractivity (Wildman–Crippen MR) is 75.6 cm³/mol. The summed E-state index contributed by atoms with van der Waals surface area (Å²) in [6, 6.07) is 7.97. The van der Waals surface area contributed by atoms with Gasteiger partial charge in [-0.25, -0.2) is 0 Å². The van der Waals surface area contributed by atoms with E-state index in [1.807, 2.05) is 12.1 Å². The van der Waals surface area contributed by atoms with E-state index in [2.05, 4.69) is 17.1 Å². The molecule has 1 aromatic carbocycles. The molecule has 1 aliphatic carbocycles. The number of methoxy groups -OCH3 is 1. The fourth-order valence-electron chi connectivity index (χ4n) is 2.22. The summed E-state index contributed by atoms with van der Waals surface area (Å²) in [5.41, 5.74) is 0.647. The number of amides is 1. The zero-order valence-corrected chi connectivity index (χ0v) is 11.7. The van der Waals surface area contributed by atoms with Gasteiger partial charge in [-0.3, -0.25) is 9.69 Å². The van der Waals surface area contributed by atoms with Crippen molar-refractivity contribution in [1.82, 2.24) is 10.2 Å². The molecule has 0 spiro atoms. The van der Waals surface area contributed by atoms with E-state index in [4.69, 9.17) is 4.74 Å². The van der Waals surface area contributed by atoms with Crippen LogP contribution < -0.4 is 10.1 Å². The second-order valence-corrected chi connectivity index (χ2v) is 4.85. The summed E-state index contributed by atoms with van der Waals surface area (Å²) in [7, 11) is 1.60. The number of likely N-dealkylation sites (N-methyl/N-ethyl adjacent to an activating group) is 1. The number of carbonyl (C=O) groups is 1. The molecular weight excluding hydrogens is 240 g/mol. The molecule has 1 amide bonds. The smallest absolute Gasteiger partial charge is 0.251 e.